The minimum atomic E-state index is -4.50. The zero-order chi connectivity index (χ0) is 25.4. The number of nitrogens with zero attached hydrogens (tertiary/aromatic N) is 2. The fourth-order valence-electron chi connectivity index (χ4n) is 3.23. The van der Waals surface area contributed by atoms with Crippen molar-refractivity contribution in [1.82, 2.24) is 9.72 Å². The van der Waals surface area contributed by atoms with Gasteiger partial charge in [-0.1, -0.05) is 5.16 Å². The van der Waals surface area contributed by atoms with Gasteiger partial charge in [0.15, 0.2) is 5.82 Å². The lowest BCUT2D eigenvalue weighted by molar-refractivity contribution is -0.105. The largest absolute Gasteiger partial charge is 0.495 e. The van der Waals surface area contributed by atoms with E-state index in [0.29, 0.717) is 5.39 Å². The van der Waals surface area contributed by atoms with E-state index in [0.717, 1.165) is 22.8 Å². The van der Waals surface area contributed by atoms with Gasteiger partial charge in [-0.25, -0.2) is 12.8 Å². The summed E-state index contributed by atoms with van der Waals surface area (Å²) in [7, 11) is -2.82. The van der Waals surface area contributed by atoms with Crippen molar-refractivity contribution in [2.24, 2.45) is 0 Å². The summed E-state index contributed by atoms with van der Waals surface area (Å²) in [6.45, 7) is 0. The maximum absolute atomic E-state index is 14.7. The van der Waals surface area contributed by atoms with Crippen LogP contribution in [0, 0.1) is 5.82 Å². The molecule has 184 valence electrons. The SMILES string of the molecule is COc1cc(SCC(F)(F)F)c(F)cc1-n1c(=O)ccc2cc(S(=O)(=O)Nc3ccon3)ccc21. The smallest absolute Gasteiger partial charge is 0.398 e. The number of hydrogen-bond acceptors (Lipinski definition) is 7. The molecule has 2 aromatic carbocycles. The average molecular weight is 529 g/mol. The number of alkyl halides is 3. The van der Waals surface area contributed by atoms with Crippen molar-refractivity contribution < 1.29 is 35.2 Å². The Hall–Kier alpha value is -3.52. The van der Waals surface area contributed by atoms with Crippen molar-refractivity contribution in [2.75, 3.05) is 17.6 Å². The third-order valence-electron chi connectivity index (χ3n) is 4.72. The van der Waals surface area contributed by atoms with Crippen LogP contribution in [0.25, 0.3) is 16.6 Å². The van der Waals surface area contributed by atoms with Gasteiger partial charge in [0, 0.05) is 28.5 Å². The first kappa shape index (κ1) is 24.6. The second kappa shape index (κ2) is 9.26. The zero-order valence-corrected chi connectivity index (χ0v) is 19.3. The first-order chi connectivity index (χ1) is 16.5. The maximum atomic E-state index is 14.7. The van der Waals surface area contributed by atoms with E-state index in [9.17, 15) is 30.8 Å². The number of fused-ring (bicyclic) bond motifs is 1. The summed E-state index contributed by atoms with van der Waals surface area (Å²) in [5.74, 6) is -2.36. The van der Waals surface area contributed by atoms with Crippen LogP contribution in [-0.4, -0.2) is 37.2 Å². The number of sulfonamides is 1. The van der Waals surface area contributed by atoms with E-state index >= 15 is 0 Å². The lowest BCUT2D eigenvalue weighted by Crippen LogP contribution is -2.19. The standard InChI is InChI=1S/C21H15F4N3O5S2/c1-32-17-10-18(34-11-21(23,24)25)14(22)9-16(17)28-15-4-3-13(8-12(15)2-5-20(28)29)35(30,31)27-19-6-7-33-26-19/h2-10H,11H2,1H3,(H,26,27). The molecule has 0 aliphatic rings. The number of pyridine rings is 1. The molecule has 0 saturated heterocycles. The topological polar surface area (TPSA) is 103 Å². The molecule has 2 aromatic heterocycles. The Labute approximate surface area is 199 Å². The Bertz CT molecular complexity index is 1550. The van der Waals surface area contributed by atoms with E-state index in [2.05, 4.69) is 14.4 Å². The Morgan fingerprint density at radius 1 is 1.14 bits per heavy atom. The van der Waals surface area contributed by atoms with Crippen molar-refractivity contribution in [1.29, 1.82) is 0 Å². The summed E-state index contributed by atoms with van der Waals surface area (Å²) in [5.41, 5.74) is -0.443. The second-order valence-corrected chi connectivity index (χ2v) is 9.78. The summed E-state index contributed by atoms with van der Waals surface area (Å²) < 4.78 is 90.9. The van der Waals surface area contributed by atoms with Gasteiger partial charge in [0.05, 0.1) is 29.0 Å². The molecule has 0 radical (unpaired) electrons. The van der Waals surface area contributed by atoms with Gasteiger partial charge in [-0.3, -0.25) is 14.1 Å². The fraction of sp³-hybridized carbons (Fsp3) is 0.143. The van der Waals surface area contributed by atoms with Gasteiger partial charge >= 0.3 is 6.18 Å². The van der Waals surface area contributed by atoms with Crippen molar-refractivity contribution in [3.05, 3.63) is 71.0 Å². The Morgan fingerprint density at radius 3 is 2.57 bits per heavy atom. The molecule has 4 aromatic rings. The summed E-state index contributed by atoms with van der Waals surface area (Å²) >= 11 is 0.248. The van der Waals surface area contributed by atoms with Crippen LogP contribution in [0.4, 0.5) is 23.4 Å². The van der Waals surface area contributed by atoms with Crippen LogP contribution < -0.4 is 15.0 Å². The number of anilines is 1. The minimum Gasteiger partial charge on any atom is -0.495 e. The Balaban J connectivity index is 1.80. The van der Waals surface area contributed by atoms with Crippen molar-refractivity contribution in [2.45, 2.75) is 16.0 Å². The molecular weight excluding hydrogens is 514 g/mol. The number of halogens is 4. The lowest BCUT2D eigenvalue weighted by Gasteiger charge is -2.16. The van der Waals surface area contributed by atoms with E-state index in [-0.39, 0.29) is 44.3 Å². The molecule has 0 bridgehead atoms. The van der Waals surface area contributed by atoms with Gasteiger partial charge in [-0.15, -0.1) is 11.8 Å². The number of aromatic nitrogens is 2. The average Bonchev–Trinajstić information content (AvgIpc) is 3.29. The third-order valence-corrected chi connectivity index (χ3v) is 7.17. The minimum absolute atomic E-state index is 0.0289. The molecule has 1 N–H and O–H groups in total. The monoisotopic (exact) mass is 529 g/mol. The zero-order valence-electron chi connectivity index (χ0n) is 17.7. The van der Waals surface area contributed by atoms with Gasteiger partial charge in [-0.2, -0.15) is 13.2 Å². The first-order valence-corrected chi connectivity index (χ1v) is 12.1. The van der Waals surface area contributed by atoms with E-state index in [1.165, 1.54) is 43.7 Å². The van der Waals surface area contributed by atoms with Gasteiger partial charge in [-0.05, 0) is 30.3 Å². The highest BCUT2D eigenvalue weighted by Gasteiger charge is 2.28. The van der Waals surface area contributed by atoms with E-state index in [1.54, 1.807) is 0 Å². The van der Waals surface area contributed by atoms with Crippen molar-refractivity contribution in [3.8, 4) is 11.4 Å². The molecule has 4 rings (SSSR count). The summed E-state index contributed by atoms with van der Waals surface area (Å²) in [4.78, 5) is 12.3. The predicted molar refractivity (Wildman–Crippen MR) is 120 cm³/mol. The van der Waals surface area contributed by atoms with Crippen LogP contribution in [0.3, 0.4) is 0 Å². The van der Waals surface area contributed by atoms with Crippen LogP contribution in [0.1, 0.15) is 0 Å². The maximum Gasteiger partial charge on any atom is 0.398 e. The number of methoxy groups -OCH3 is 1. The van der Waals surface area contributed by atoms with Gasteiger partial charge in [0.25, 0.3) is 15.6 Å². The Morgan fingerprint density at radius 2 is 1.91 bits per heavy atom. The Kier molecular flexibility index (Phi) is 6.51. The quantitative estimate of drug-likeness (QED) is 0.276. The highest BCUT2D eigenvalue weighted by Crippen LogP contribution is 2.35. The number of hydrogen-bond donors (Lipinski definition) is 1. The van der Waals surface area contributed by atoms with Crippen LogP contribution in [-0.2, 0) is 10.0 Å². The molecule has 0 unspecified atom stereocenters. The van der Waals surface area contributed by atoms with E-state index < -0.39 is 33.3 Å². The van der Waals surface area contributed by atoms with E-state index in [1.807, 2.05) is 0 Å². The predicted octanol–water partition coefficient (Wildman–Crippen LogP) is 4.58. The molecule has 0 aliphatic heterocycles. The van der Waals surface area contributed by atoms with Gasteiger partial charge in [0.2, 0.25) is 0 Å². The number of ether oxygens (including phenoxy) is 1. The first-order valence-electron chi connectivity index (χ1n) is 9.65. The van der Waals surface area contributed by atoms with E-state index in [4.69, 9.17) is 4.74 Å². The third kappa shape index (κ3) is 5.27. The normalized spacial score (nSPS) is 12.1. The summed E-state index contributed by atoms with van der Waals surface area (Å²) in [6.07, 6.45) is -3.31. The summed E-state index contributed by atoms with van der Waals surface area (Å²) in [6, 6.07) is 9.70. The van der Waals surface area contributed by atoms with Crippen LogP contribution in [0.5, 0.6) is 5.75 Å². The van der Waals surface area contributed by atoms with Gasteiger partial charge in [0.1, 0.15) is 17.8 Å². The molecule has 0 spiro atoms. The molecule has 0 amide bonds. The molecule has 0 aliphatic carbocycles. The number of benzene rings is 2. The molecule has 0 atom stereocenters. The number of thioether (sulfide) groups is 1. The molecule has 8 nitrogen and oxygen atoms in total. The highest BCUT2D eigenvalue weighted by atomic mass is 32.2. The van der Waals surface area contributed by atoms with Crippen LogP contribution >= 0.6 is 11.8 Å². The van der Waals surface area contributed by atoms with Crippen LogP contribution in [0.15, 0.2) is 73.9 Å². The molecular formula is C21H15F4N3O5S2. The van der Waals surface area contributed by atoms with Crippen molar-refractivity contribution in [3.63, 3.8) is 0 Å². The molecule has 0 saturated carbocycles. The fourth-order valence-corrected chi connectivity index (χ4v) is 4.97. The molecule has 35 heavy (non-hydrogen) atoms. The van der Waals surface area contributed by atoms with Crippen molar-refractivity contribution >= 4 is 38.5 Å². The van der Waals surface area contributed by atoms with Crippen LogP contribution in [0.2, 0.25) is 0 Å². The lowest BCUT2D eigenvalue weighted by atomic mass is 10.2. The summed E-state index contributed by atoms with van der Waals surface area (Å²) in [5, 5.41) is 3.80. The second-order valence-electron chi connectivity index (χ2n) is 7.08. The number of rotatable bonds is 7. The molecule has 2 heterocycles. The number of nitrogens with one attached hydrogen (secondary N) is 1. The van der Waals surface area contributed by atoms with Gasteiger partial charge < -0.3 is 9.26 Å². The highest BCUT2D eigenvalue weighted by molar-refractivity contribution is 7.99. The molecule has 14 heteroatoms. The molecule has 0 fully saturated rings.